The molecule has 9 heteroatoms. The average molecular weight is 389 g/mol. The first-order valence-electron chi connectivity index (χ1n) is 8.42. The summed E-state index contributed by atoms with van der Waals surface area (Å²) in [6.45, 7) is 3.15. The summed E-state index contributed by atoms with van der Waals surface area (Å²) in [4.78, 5) is 24.8. The van der Waals surface area contributed by atoms with Crippen LogP contribution in [-0.2, 0) is 4.79 Å². The minimum Gasteiger partial charge on any atom is -0.493 e. The summed E-state index contributed by atoms with van der Waals surface area (Å²) in [7, 11) is 1.39. The lowest BCUT2D eigenvalue weighted by molar-refractivity contribution is -0.227. The van der Waals surface area contributed by atoms with Crippen LogP contribution in [-0.4, -0.2) is 54.9 Å². The van der Waals surface area contributed by atoms with Gasteiger partial charge in [0.2, 0.25) is 0 Å². The van der Waals surface area contributed by atoms with Gasteiger partial charge >= 0.3 is 12.1 Å². The van der Waals surface area contributed by atoms with Crippen molar-refractivity contribution in [1.29, 1.82) is 0 Å². The molecule has 1 aromatic rings. The van der Waals surface area contributed by atoms with E-state index in [2.05, 4.69) is 0 Å². The first kappa shape index (κ1) is 20.9. The number of amides is 1. The number of carboxylic acids is 1. The van der Waals surface area contributed by atoms with Crippen LogP contribution >= 0.6 is 0 Å². The molecule has 1 atom stereocenters. The summed E-state index contributed by atoms with van der Waals surface area (Å²) in [5.41, 5.74) is -2.83. The summed E-state index contributed by atoms with van der Waals surface area (Å²) in [6.07, 6.45) is -5.62. The predicted molar refractivity (Wildman–Crippen MR) is 90.0 cm³/mol. The molecule has 0 aliphatic carbocycles. The molecule has 1 saturated heterocycles. The van der Waals surface area contributed by atoms with Crippen molar-refractivity contribution >= 4 is 11.9 Å². The Balaban J connectivity index is 2.22. The largest absolute Gasteiger partial charge is 0.493 e. The van der Waals surface area contributed by atoms with Gasteiger partial charge in [-0.2, -0.15) is 13.2 Å². The molecule has 1 heterocycles. The van der Waals surface area contributed by atoms with E-state index >= 15 is 0 Å². The lowest BCUT2D eigenvalue weighted by Gasteiger charge is -2.27. The van der Waals surface area contributed by atoms with E-state index in [9.17, 15) is 22.8 Å². The van der Waals surface area contributed by atoms with Crippen LogP contribution < -0.4 is 9.47 Å². The second kappa shape index (κ2) is 7.66. The minimum atomic E-state index is -4.94. The van der Waals surface area contributed by atoms with Crippen LogP contribution in [0.25, 0.3) is 0 Å². The SMILES string of the molecule is COc1cc(C(=O)N2CCC(C(=O)O)(C(F)(F)F)C2)ccc1OCC(C)C. The number of halogens is 3. The molecule has 0 spiro atoms. The van der Waals surface area contributed by atoms with Crippen molar-refractivity contribution in [2.75, 3.05) is 26.8 Å². The Morgan fingerprint density at radius 2 is 1.96 bits per heavy atom. The molecule has 2 rings (SSSR count). The van der Waals surface area contributed by atoms with E-state index < -0.39 is 36.4 Å². The van der Waals surface area contributed by atoms with Gasteiger partial charge in [-0.3, -0.25) is 9.59 Å². The molecule has 0 bridgehead atoms. The summed E-state index contributed by atoms with van der Waals surface area (Å²) >= 11 is 0. The number of ether oxygens (including phenoxy) is 2. The van der Waals surface area contributed by atoms with E-state index in [4.69, 9.17) is 14.6 Å². The molecule has 0 saturated carbocycles. The van der Waals surface area contributed by atoms with Crippen LogP contribution in [0.3, 0.4) is 0 Å². The number of methoxy groups -OCH3 is 1. The van der Waals surface area contributed by atoms with Crippen LogP contribution in [0.4, 0.5) is 13.2 Å². The zero-order valence-corrected chi connectivity index (χ0v) is 15.3. The van der Waals surface area contributed by atoms with Gasteiger partial charge < -0.3 is 19.5 Å². The number of carbonyl (C=O) groups excluding carboxylic acids is 1. The van der Waals surface area contributed by atoms with E-state index in [0.29, 0.717) is 12.4 Å². The molecule has 1 aliphatic rings. The van der Waals surface area contributed by atoms with Crippen LogP contribution in [0.1, 0.15) is 30.6 Å². The highest BCUT2D eigenvalue weighted by Crippen LogP contribution is 2.46. The fourth-order valence-corrected chi connectivity index (χ4v) is 2.87. The molecule has 0 aromatic heterocycles. The number of carbonyl (C=O) groups is 2. The van der Waals surface area contributed by atoms with E-state index in [0.717, 1.165) is 4.90 Å². The fourth-order valence-electron chi connectivity index (χ4n) is 2.87. The molecule has 1 N–H and O–H groups in total. The third kappa shape index (κ3) is 4.12. The monoisotopic (exact) mass is 389 g/mol. The number of nitrogens with zero attached hydrogens (tertiary/aromatic N) is 1. The van der Waals surface area contributed by atoms with Gasteiger partial charge in [-0.15, -0.1) is 0 Å². The van der Waals surface area contributed by atoms with Gasteiger partial charge in [0, 0.05) is 18.7 Å². The van der Waals surface area contributed by atoms with E-state index in [1.165, 1.54) is 25.3 Å². The molecular formula is C18H22F3NO5. The highest BCUT2D eigenvalue weighted by molar-refractivity contribution is 5.95. The second-order valence-corrected chi connectivity index (χ2v) is 6.93. The zero-order valence-electron chi connectivity index (χ0n) is 15.3. The molecule has 1 aliphatic heterocycles. The molecular weight excluding hydrogens is 367 g/mol. The number of carboxylic acid groups (broad SMARTS) is 1. The van der Waals surface area contributed by atoms with Gasteiger partial charge in [0.15, 0.2) is 16.9 Å². The maximum Gasteiger partial charge on any atom is 0.406 e. The maximum absolute atomic E-state index is 13.3. The van der Waals surface area contributed by atoms with Gasteiger partial charge in [-0.05, 0) is 30.5 Å². The van der Waals surface area contributed by atoms with Gasteiger partial charge in [0.25, 0.3) is 5.91 Å². The van der Waals surface area contributed by atoms with Crippen molar-refractivity contribution in [2.45, 2.75) is 26.4 Å². The average Bonchev–Trinajstić information content (AvgIpc) is 3.06. The number of benzene rings is 1. The Bertz CT molecular complexity index is 719. The lowest BCUT2D eigenvalue weighted by atomic mass is 9.86. The molecule has 0 radical (unpaired) electrons. The molecule has 1 unspecified atom stereocenters. The van der Waals surface area contributed by atoms with Gasteiger partial charge in [-0.1, -0.05) is 13.8 Å². The summed E-state index contributed by atoms with van der Waals surface area (Å²) in [6, 6.07) is 4.32. The van der Waals surface area contributed by atoms with Crippen molar-refractivity contribution in [2.24, 2.45) is 11.3 Å². The van der Waals surface area contributed by atoms with Gasteiger partial charge in [0.1, 0.15) is 0 Å². The highest BCUT2D eigenvalue weighted by Gasteiger charge is 2.64. The third-order valence-corrected chi connectivity index (χ3v) is 4.49. The lowest BCUT2D eigenvalue weighted by Crippen LogP contribution is -2.47. The van der Waals surface area contributed by atoms with Crippen LogP contribution in [0, 0.1) is 11.3 Å². The van der Waals surface area contributed by atoms with E-state index in [1.807, 2.05) is 13.8 Å². The van der Waals surface area contributed by atoms with Crippen molar-refractivity contribution in [1.82, 2.24) is 4.90 Å². The minimum absolute atomic E-state index is 0.104. The Morgan fingerprint density at radius 3 is 2.44 bits per heavy atom. The number of alkyl halides is 3. The molecule has 150 valence electrons. The number of likely N-dealkylation sites (tertiary alicyclic amines) is 1. The summed E-state index contributed by atoms with van der Waals surface area (Å²) in [5, 5.41) is 9.10. The van der Waals surface area contributed by atoms with Crippen LogP contribution in [0.15, 0.2) is 18.2 Å². The normalized spacial score (nSPS) is 20.0. The van der Waals surface area contributed by atoms with Gasteiger partial charge in [0.05, 0.1) is 13.7 Å². The fraction of sp³-hybridized carbons (Fsp3) is 0.556. The number of aliphatic carboxylic acids is 1. The smallest absolute Gasteiger partial charge is 0.406 e. The number of rotatable bonds is 6. The van der Waals surface area contributed by atoms with Crippen LogP contribution in [0.5, 0.6) is 11.5 Å². The van der Waals surface area contributed by atoms with Crippen molar-refractivity contribution in [3.8, 4) is 11.5 Å². The first-order valence-corrected chi connectivity index (χ1v) is 8.42. The van der Waals surface area contributed by atoms with Gasteiger partial charge in [-0.25, -0.2) is 0 Å². The second-order valence-electron chi connectivity index (χ2n) is 6.93. The Morgan fingerprint density at radius 1 is 1.30 bits per heavy atom. The summed E-state index contributed by atoms with van der Waals surface area (Å²) < 4.78 is 50.6. The third-order valence-electron chi connectivity index (χ3n) is 4.49. The van der Waals surface area contributed by atoms with Crippen molar-refractivity contribution in [3.05, 3.63) is 23.8 Å². The predicted octanol–water partition coefficient (Wildman–Crippen LogP) is 3.21. The standard InChI is InChI=1S/C18H22F3NO5/c1-11(2)9-27-13-5-4-12(8-14(13)26-3)15(23)22-7-6-17(10-22,16(24)25)18(19,20)21/h4-5,8,11H,6-7,9-10H2,1-3H3,(H,24,25). The maximum atomic E-state index is 13.3. The first-order chi connectivity index (χ1) is 12.5. The molecule has 1 amide bonds. The molecule has 6 nitrogen and oxygen atoms in total. The Hall–Kier alpha value is -2.45. The van der Waals surface area contributed by atoms with Crippen molar-refractivity contribution < 1.29 is 37.3 Å². The summed E-state index contributed by atoms with van der Waals surface area (Å²) in [5.74, 6) is -1.69. The highest BCUT2D eigenvalue weighted by atomic mass is 19.4. The molecule has 1 fully saturated rings. The Kier molecular flexibility index (Phi) is 5.91. The number of hydrogen-bond acceptors (Lipinski definition) is 4. The van der Waals surface area contributed by atoms with Crippen molar-refractivity contribution in [3.63, 3.8) is 0 Å². The van der Waals surface area contributed by atoms with E-state index in [1.54, 1.807) is 0 Å². The molecule has 27 heavy (non-hydrogen) atoms. The molecule has 1 aromatic carbocycles. The number of hydrogen-bond donors (Lipinski definition) is 1. The van der Waals surface area contributed by atoms with Crippen LogP contribution in [0.2, 0.25) is 0 Å². The Labute approximate surface area is 154 Å². The quantitative estimate of drug-likeness (QED) is 0.809. The topological polar surface area (TPSA) is 76.1 Å². The van der Waals surface area contributed by atoms with E-state index in [-0.39, 0.29) is 23.8 Å². The zero-order chi connectivity index (χ0) is 20.4.